The second-order valence-electron chi connectivity index (χ2n) is 5.56. The van der Waals surface area contributed by atoms with E-state index in [4.69, 9.17) is 0 Å². The largest absolute Gasteiger partial charge is 0.313 e. The van der Waals surface area contributed by atoms with Crippen LogP contribution in [-0.2, 0) is 6.54 Å². The van der Waals surface area contributed by atoms with Crippen LogP contribution in [0.1, 0.15) is 37.4 Å². The van der Waals surface area contributed by atoms with Crippen molar-refractivity contribution >= 4 is 11.8 Å². The summed E-state index contributed by atoms with van der Waals surface area (Å²) in [5.41, 5.74) is 2.91. The summed E-state index contributed by atoms with van der Waals surface area (Å²) in [6, 6.07) is 9.28. The van der Waals surface area contributed by atoms with Gasteiger partial charge in [-0.05, 0) is 44.2 Å². The summed E-state index contributed by atoms with van der Waals surface area (Å²) < 4.78 is 0.300. The Labute approximate surface area is 115 Å². The number of fused-ring (bicyclic) bond motifs is 1. The Kier molecular flexibility index (Phi) is 4.71. The van der Waals surface area contributed by atoms with E-state index >= 15 is 0 Å². The van der Waals surface area contributed by atoms with E-state index in [1.807, 2.05) is 11.8 Å². The molecule has 1 unspecified atom stereocenters. The monoisotopic (exact) mass is 264 g/mol. The first-order chi connectivity index (χ1) is 8.62. The maximum atomic E-state index is 3.75. The molecule has 2 N–H and O–H groups in total. The zero-order valence-electron chi connectivity index (χ0n) is 11.6. The van der Waals surface area contributed by atoms with Crippen molar-refractivity contribution < 1.29 is 0 Å². The van der Waals surface area contributed by atoms with E-state index in [1.54, 1.807) is 0 Å². The molecule has 0 aromatic heterocycles. The summed E-state index contributed by atoms with van der Waals surface area (Å²) in [7, 11) is 0. The van der Waals surface area contributed by atoms with Crippen LogP contribution in [0.5, 0.6) is 0 Å². The van der Waals surface area contributed by atoms with Crippen molar-refractivity contribution in [2.24, 2.45) is 0 Å². The van der Waals surface area contributed by atoms with Gasteiger partial charge in [0.15, 0.2) is 0 Å². The molecule has 2 nitrogen and oxygen atoms in total. The fourth-order valence-electron chi connectivity index (χ4n) is 2.31. The minimum absolute atomic E-state index is 0.300. The number of rotatable bonds is 4. The molecular weight excluding hydrogens is 240 g/mol. The molecule has 2 rings (SSSR count). The van der Waals surface area contributed by atoms with Gasteiger partial charge in [0.05, 0.1) is 0 Å². The van der Waals surface area contributed by atoms with E-state index in [2.05, 4.69) is 55.0 Å². The van der Waals surface area contributed by atoms with Crippen LogP contribution in [0.3, 0.4) is 0 Å². The van der Waals surface area contributed by atoms with Gasteiger partial charge in [0.2, 0.25) is 0 Å². The number of nitrogens with one attached hydrogen (secondary N) is 2. The van der Waals surface area contributed by atoms with E-state index in [-0.39, 0.29) is 0 Å². The first kappa shape index (κ1) is 13.9. The molecule has 1 aliphatic heterocycles. The van der Waals surface area contributed by atoms with Crippen molar-refractivity contribution in [2.75, 3.05) is 19.3 Å². The average Bonchev–Trinajstić information content (AvgIpc) is 2.59. The second kappa shape index (κ2) is 6.09. The molecule has 0 bridgehead atoms. The summed E-state index contributed by atoms with van der Waals surface area (Å²) in [6.45, 7) is 7.73. The summed E-state index contributed by atoms with van der Waals surface area (Å²) in [4.78, 5) is 0. The maximum absolute atomic E-state index is 3.75. The molecule has 1 aliphatic rings. The van der Waals surface area contributed by atoms with Gasteiger partial charge in [-0.3, -0.25) is 0 Å². The van der Waals surface area contributed by atoms with E-state index in [0.717, 1.165) is 19.6 Å². The van der Waals surface area contributed by atoms with Crippen molar-refractivity contribution in [2.45, 2.75) is 37.6 Å². The molecule has 100 valence electrons. The highest BCUT2D eigenvalue weighted by atomic mass is 32.2. The normalized spacial score (nSPS) is 20.3. The maximum Gasteiger partial charge on any atom is 0.0336 e. The van der Waals surface area contributed by atoms with E-state index < -0.39 is 0 Å². The number of hydrogen-bond acceptors (Lipinski definition) is 3. The molecule has 18 heavy (non-hydrogen) atoms. The Hall–Kier alpha value is -0.510. The Morgan fingerprint density at radius 1 is 1.39 bits per heavy atom. The summed E-state index contributed by atoms with van der Waals surface area (Å²) in [5, 5.41) is 7.25. The lowest BCUT2D eigenvalue weighted by Gasteiger charge is -2.27. The highest BCUT2D eigenvalue weighted by Crippen LogP contribution is 2.26. The number of benzene rings is 1. The van der Waals surface area contributed by atoms with Crippen LogP contribution in [0.15, 0.2) is 24.3 Å². The van der Waals surface area contributed by atoms with E-state index in [0.29, 0.717) is 10.8 Å². The topological polar surface area (TPSA) is 24.1 Å². The van der Waals surface area contributed by atoms with Crippen LogP contribution in [0.25, 0.3) is 0 Å². The lowest BCUT2D eigenvalue weighted by Crippen LogP contribution is -2.35. The summed E-state index contributed by atoms with van der Waals surface area (Å²) >= 11 is 1.92. The molecule has 0 fully saturated rings. The fourth-order valence-corrected chi connectivity index (χ4v) is 2.54. The number of thioether (sulfide) groups is 1. The fraction of sp³-hybridized carbons (Fsp3) is 0.600. The van der Waals surface area contributed by atoms with Gasteiger partial charge < -0.3 is 10.6 Å². The molecule has 0 amide bonds. The van der Waals surface area contributed by atoms with Gasteiger partial charge in [0.25, 0.3) is 0 Å². The van der Waals surface area contributed by atoms with Crippen LogP contribution in [0, 0.1) is 0 Å². The average molecular weight is 264 g/mol. The third-order valence-electron chi connectivity index (χ3n) is 3.68. The van der Waals surface area contributed by atoms with Crippen molar-refractivity contribution in [3.63, 3.8) is 0 Å². The zero-order valence-corrected chi connectivity index (χ0v) is 12.4. The lowest BCUT2D eigenvalue weighted by atomic mass is 9.99. The Balaban J connectivity index is 2.08. The van der Waals surface area contributed by atoms with Gasteiger partial charge in [-0.25, -0.2) is 0 Å². The van der Waals surface area contributed by atoms with Crippen molar-refractivity contribution in [3.8, 4) is 0 Å². The molecule has 0 spiro atoms. The van der Waals surface area contributed by atoms with Crippen LogP contribution in [-0.4, -0.2) is 24.1 Å². The standard InChI is InChI=1S/C15H24N2S/c1-15(2,18-3)11-17-14-8-9-16-10-12-6-4-5-7-13(12)14/h4-7,14,16-17H,8-11H2,1-3H3. The molecule has 0 radical (unpaired) electrons. The van der Waals surface area contributed by atoms with Crippen molar-refractivity contribution in [3.05, 3.63) is 35.4 Å². The smallest absolute Gasteiger partial charge is 0.0336 e. The molecular formula is C15H24N2S. The van der Waals surface area contributed by atoms with Gasteiger partial charge in [0.1, 0.15) is 0 Å². The van der Waals surface area contributed by atoms with Crippen LogP contribution in [0.4, 0.5) is 0 Å². The third kappa shape index (κ3) is 3.50. The predicted octanol–water partition coefficient (Wildman–Crippen LogP) is 2.95. The van der Waals surface area contributed by atoms with Crippen molar-refractivity contribution in [1.29, 1.82) is 0 Å². The van der Waals surface area contributed by atoms with Gasteiger partial charge in [-0.2, -0.15) is 11.8 Å². The van der Waals surface area contributed by atoms with E-state index in [1.165, 1.54) is 17.5 Å². The highest BCUT2D eigenvalue weighted by Gasteiger charge is 2.21. The molecule has 1 atom stereocenters. The first-order valence-corrected chi connectivity index (χ1v) is 7.92. The Morgan fingerprint density at radius 2 is 2.17 bits per heavy atom. The quantitative estimate of drug-likeness (QED) is 0.874. The lowest BCUT2D eigenvalue weighted by molar-refractivity contribution is 0.469. The molecule has 0 saturated heterocycles. The predicted molar refractivity (Wildman–Crippen MR) is 81.1 cm³/mol. The molecule has 1 aromatic carbocycles. The van der Waals surface area contributed by atoms with Gasteiger partial charge in [-0.15, -0.1) is 0 Å². The van der Waals surface area contributed by atoms with Crippen molar-refractivity contribution in [1.82, 2.24) is 10.6 Å². The zero-order chi connectivity index (χ0) is 13.0. The minimum atomic E-state index is 0.300. The number of hydrogen-bond donors (Lipinski definition) is 2. The summed E-state index contributed by atoms with van der Waals surface area (Å²) in [6.07, 6.45) is 3.35. The molecule has 0 aliphatic carbocycles. The molecule has 1 aromatic rings. The highest BCUT2D eigenvalue weighted by molar-refractivity contribution is 7.99. The van der Waals surface area contributed by atoms with Crippen LogP contribution < -0.4 is 10.6 Å². The minimum Gasteiger partial charge on any atom is -0.313 e. The molecule has 0 saturated carbocycles. The van der Waals surface area contributed by atoms with Gasteiger partial charge in [0, 0.05) is 23.9 Å². The Morgan fingerprint density at radius 3 is 2.94 bits per heavy atom. The SMILES string of the molecule is CSC(C)(C)CNC1CCNCc2ccccc21. The summed E-state index contributed by atoms with van der Waals surface area (Å²) in [5.74, 6) is 0. The Bertz CT molecular complexity index is 390. The van der Waals surface area contributed by atoms with Gasteiger partial charge >= 0.3 is 0 Å². The van der Waals surface area contributed by atoms with Crippen LogP contribution >= 0.6 is 11.8 Å². The molecule has 1 heterocycles. The third-order valence-corrected chi connectivity index (χ3v) is 4.93. The van der Waals surface area contributed by atoms with E-state index in [9.17, 15) is 0 Å². The second-order valence-corrected chi connectivity index (χ2v) is 7.07. The van der Waals surface area contributed by atoms with Crippen LogP contribution in [0.2, 0.25) is 0 Å². The molecule has 3 heteroatoms. The first-order valence-electron chi connectivity index (χ1n) is 6.69. The van der Waals surface area contributed by atoms with Gasteiger partial charge in [-0.1, -0.05) is 24.3 Å².